The van der Waals surface area contributed by atoms with Crippen LogP contribution < -0.4 is 0 Å². The SMILES string of the molecule is C=C1CC1(CCCCN=C1CCCCC1)[Si](C)(C)C. The average molecular weight is 278 g/mol. The van der Waals surface area contributed by atoms with E-state index < -0.39 is 8.07 Å². The van der Waals surface area contributed by atoms with E-state index in [0.29, 0.717) is 5.04 Å². The number of hydrogen-bond acceptors (Lipinski definition) is 1. The minimum atomic E-state index is -1.06. The van der Waals surface area contributed by atoms with E-state index in [1.165, 1.54) is 63.5 Å². The van der Waals surface area contributed by atoms with Crippen molar-refractivity contribution in [1.82, 2.24) is 0 Å². The van der Waals surface area contributed by atoms with Crippen molar-refractivity contribution in [2.75, 3.05) is 6.54 Å². The van der Waals surface area contributed by atoms with Gasteiger partial charge in [0.05, 0.1) is 8.07 Å². The number of allylic oxidation sites excluding steroid dienone is 1. The molecule has 0 aromatic carbocycles. The summed E-state index contributed by atoms with van der Waals surface area (Å²) in [6.07, 6.45) is 12.0. The first-order valence-electron chi connectivity index (χ1n) is 8.16. The second kappa shape index (κ2) is 5.95. The van der Waals surface area contributed by atoms with Gasteiger partial charge in [-0.2, -0.15) is 0 Å². The molecule has 1 nitrogen and oxygen atoms in total. The molecular formula is C17H31NSi. The standard InChI is InChI=1S/C17H31NSi/c1-15-14-17(15,19(2,3)4)12-8-9-13-18-16-10-6-5-7-11-16/h1,5-14H2,2-4H3. The molecule has 2 aliphatic carbocycles. The second-order valence-electron chi connectivity index (χ2n) is 7.58. The molecule has 0 N–H and O–H groups in total. The molecule has 0 radical (unpaired) electrons. The highest BCUT2D eigenvalue weighted by Gasteiger charge is 2.55. The number of hydrogen-bond donors (Lipinski definition) is 0. The molecule has 1 unspecified atom stereocenters. The van der Waals surface area contributed by atoms with E-state index in [0.717, 1.165) is 6.54 Å². The van der Waals surface area contributed by atoms with Gasteiger partial charge in [0.25, 0.3) is 0 Å². The van der Waals surface area contributed by atoms with Crippen LogP contribution in [0.1, 0.15) is 57.8 Å². The van der Waals surface area contributed by atoms with Crippen LogP contribution >= 0.6 is 0 Å². The molecule has 0 spiro atoms. The van der Waals surface area contributed by atoms with E-state index in [2.05, 4.69) is 26.2 Å². The molecule has 2 saturated carbocycles. The summed E-state index contributed by atoms with van der Waals surface area (Å²) in [7, 11) is -1.06. The van der Waals surface area contributed by atoms with Crippen molar-refractivity contribution in [3.8, 4) is 0 Å². The maximum Gasteiger partial charge on any atom is 0.0556 e. The summed E-state index contributed by atoms with van der Waals surface area (Å²) in [5.74, 6) is 0. The largest absolute Gasteiger partial charge is 0.294 e. The molecule has 0 aromatic rings. The summed E-state index contributed by atoms with van der Waals surface area (Å²) in [6, 6.07) is 0. The van der Waals surface area contributed by atoms with Gasteiger partial charge in [-0.15, -0.1) is 0 Å². The first kappa shape index (κ1) is 15.0. The third-order valence-corrected chi connectivity index (χ3v) is 8.93. The monoisotopic (exact) mass is 277 g/mol. The van der Waals surface area contributed by atoms with E-state index in [1.807, 2.05) is 0 Å². The van der Waals surface area contributed by atoms with Gasteiger partial charge < -0.3 is 0 Å². The van der Waals surface area contributed by atoms with E-state index in [1.54, 1.807) is 5.57 Å². The van der Waals surface area contributed by atoms with Crippen molar-refractivity contribution in [2.24, 2.45) is 4.99 Å². The Kier molecular flexibility index (Phi) is 4.70. The first-order valence-corrected chi connectivity index (χ1v) is 11.7. The van der Waals surface area contributed by atoms with Crippen LogP contribution in [0.15, 0.2) is 17.1 Å². The molecule has 0 amide bonds. The molecule has 2 rings (SSSR count). The van der Waals surface area contributed by atoms with Gasteiger partial charge in [0, 0.05) is 12.3 Å². The Bertz CT molecular complexity index is 356. The fourth-order valence-electron chi connectivity index (χ4n) is 3.65. The fraction of sp³-hybridized carbons (Fsp3) is 0.824. The zero-order chi connectivity index (χ0) is 13.9. The number of unbranched alkanes of at least 4 members (excludes halogenated alkanes) is 1. The van der Waals surface area contributed by atoms with Gasteiger partial charge in [0.2, 0.25) is 0 Å². The Morgan fingerprint density at radius 2 is 1.74 bits per heavy atom. The van der Waals surface area contributed by atoms with Crippen molar-refractivity contribution >= 4 is 13.8 Å². The van der Waals surface area contributed by atoms with Gasteiger partial charge in [0.15, 0.2) is 0 Å². The van der Waals surface area contributed by atoms with Gasteiger partial charge >= 0.3 is 0 Å². The Hall–Kier alpha value is -0.373. The maximum absolute atomic E-state index is 4.81. The Morgan fingerprint density at radius 3 is 2.26 bits per heavy atom. The van der Waals surface area contributed by atoms with Crippen molar-refractivity contribution < 1.29 is 0 Å². The second-order valence-corrected chi connectivity index (χ2v) is 13.0. The van der Waals surface area contributed by atoms with E-state index >= 15 is 0 Å². The Balaban J connectivity index is 1.68. The molecular weight excluding hydrogens is 246 g/mol. The summed E-state index contributed by atoms with van der Waals surface area (Å²) >= 11 is 0. The topological polar surface area (TPSA) is 12.4 Å². The number of nitrogens with zero attached hydrogens (tertiary/aromatic N) is 1. The Labute approximate surface area is 120 Å². The van der Waals surface area contributed by atoms with Gasteiger partial charge in [-0.1, -0.05) is 44.6 Å². The fourth-order valence-corrected chi connectivity index (χ4v) is 6.38. The summed E-state index contributed by atoms with van der Waals surface area (Å²) in [5.41, 5.74) is 3.05. The molecule has 0 heterocycles. The van der Waals surface area contributed by atoms with Crippen LogP contribution in [-0.4, -0.2) is 20.3 Å². The lowest BCUT2D eigenvalue weighted by atomic mass is 9.98. The van der Waals surface area contributed by atoms with Crippen molar-refractivity contribution in [3.05, 3.63) is 12.2 Å². The predicted molar refractivity (Wildman–Crippen MR) is 89.0 cm³/mol. The molecule has 0 aromatic heterocycles. The lowest BCUT2D eigenvalue weighted by molar-refractivity contribution is 0.634. The minimum absolute atomic E-state index is 0.588. The molecule has 1 atom stereocenters. The summed E-state index contributed by atoms with van der Waals surface area (Å²) in [4.78, 5) is 4.81. The average Bonchev–Trinajstić information content (AvgIpc) is 3.02. The van der Waals surface area contributed by atoms with Crippen LogP contribution in [0.3, 0.4) is 0 Å². The molecule has 2 heteroatoms. The van der Waals surface area contributed by atoms with Crippen LogP contribution in [0.2, 0.25) is 24.7 Å². The molecule has 0 saturated heterocycles. The minimum Gasteiger partial charge on any atom is -0.294 e. The molecule has 19 heavy (non-hydrogen) atoms. The summed E-state index contributed by atoms with van der Waals surface area (Å²) < 4.78 is 0. The summed E-state index contributed by atoms with van der Waals surface area (Å²) in [6.45, 7) is 12.9. The van der Waals surface area contributed by atoms with E-state index in [4.69, 9.17) is 4.99 Å². The zero-order valence-electron chi connectivity index (χ0n) is 13.2. The lowest BCUT2D eigenvalue weighted by Crippen LogP contribution is -2.29. The highest BCUT2D eigenvalue weighted by atomic mass is 28.3. The van der Waals surface area contributed by atoms with Crippen LogP contribution in [-0.2, 0) is 0 Å². The van der Waals surface area contributed by atoms with Crippen LogP contribution in [0.5, 0.6) is 0 Å². The van der Waals surface area contributed by atoms with Gasteiger partial charge in [0.1, 0.15) is 0 Å². The predicted octanol–water partition coefficient (Wildman–Crippen LogP) is 5.60. The smallest absolute Gasteiger partial charge is 0.0556 e. The Morgan fingerprint density at radius 1 is 1.11 bits per heavy atom. The van der Waals surface area contributed by atoms with Gasteiger partial charge in [-0.05, 0) is 50.0 Å². The molecule has 0 bridgehead atoms. The third kappa shape index (κ3) is 3.59. The van der Waals surface area contributed by atoms with Crippen molar-refractivity contribution in [3.63, 3.8) is 0 Å². The van der Waals surface area contributed by atoms with Crippen molar-refractivity contribution in [2.45, 2.75) is 82.5 Å². The molecule has 2 fully saturated rings. The normalized spacial score (nSPS) is 27.5. The quantitative estimate of drug-likeness (QED) is 0.340. The lowest BCUT2D eigenvalue weighted by Gasteiger charge is -2.28. The molecule has 2 aliphatic rings. The maximum atomic E-state index is 4.81. The van der Waals surface area contributed by atoms with Gasteiger partial charge in [-0.3, -0.25) is 4.99 Å². The van der Waals surface area contributed by atoms with E-state index in [9.17, 15) is 0 Å². The highest BCUT2D eigenvalue weighted by molar-refractivity contribution is 6.81. The first-order chi connectivity index (χ1) is 8.96. The summed E-state index contributed by atoms with van der Waals surface area (Å²) in [5, 5.41) is 0.588. The van der Waals surface area contributed by atoms with E-state index in [-0.39, 0.29) is 0 Å². The van der Waals surface area contributed by atoms with Crippen molar-refractivity contribution in [1.29, 1.82) is 0 Å². The molecule has 0 aliphatic heterocycles. The number of aliphatic imine (C=N–C) groups is 1. The van der Waals surface area contributed by atoms with Crippen LogP contribution in [0.4, 0.5) is 0 Å². The number of rotatable bonds is 6. The highest BCUT2D eigenvalue weighted by Crippen LogP contribution is 2.67. The zero-order valence-corrected chi connectivity index (χ0v) is 14.2. The third-order valence-electron chi connectivity index (χ3n) is 5.28. The molecule has 108 valence electrons. The van der Waals surface area contributed by atoms with Crippen LogP contribution in [0, 0.1) is 0 Å². The van der Waals surface area contributed by atoms with Gasteiger partial charge in [-0.25, -0.2) is 0 Å². The van der Waals surface area contributed by atoms with Crippen LogP contribution in [0.25, 0.3) is 0 Å².